The average Bonchev–Trinajstić information content (AvgIpc) is 2.50. The van der Waals surface area contributed by atoms with Crippen LogP contribution in [0.1, 0.15) is 45.6 Å². The van der Waals surface area contributed by atoms with Gasteiger partial charge in [0.05, 0.1) is 6.07 Å². The van der Waals surface area contributed by atoms with Gasteiger partial charge in [0, 0.05) is 19.6 Å². The largest absolute Gasteiger partial charge is 0.381 e. The van der Waals surface area contributed by atoms with Gasteiger partial charge in [0.25, 0.3) is 0 Å². The topological polar surface area (TPSA) is 45.0 Å². The van der Waals surface area contributed by atoms with Gasteiger partial charge in [-0.2, -0.15) is 5.26 Å². The smallest absolute Gasteiger partial charge is 0.134 e. The Morgan fingerprint density at radius 1 is 1.24 bits per heavy atom. The van der Waals surface area contributed by atoms with E-state index in [0.717, 1.165) is 31.1 Å². The number of hydrogen-bond acceptors (Lipinski definition) is 3. The Morgan fingerprint density at radius 2 is 1.95 bits per heavy atom. The first kappa shape index (κ1) is 17.7. The summed E-state index contributed by atoms with van der Waals surface area (Å²) in [4.78, 5) is 0. The van der Waals surface area contributed by atoms with Gasteiger partial charge >= 0.3 is 0 Å². The number of nitriles is 1. The molecule has 0 bridgehead atoms. The SMILES string of the molecule is CCNC(C#N)(CCOCCCC(C)C)c1ccccc1. The molecule has 0 aliphatic carbocycles. The number of nitrogens with zero attached hydrogens (tertiary/aromatic N) is 1. The van der Waals surface area contributed by atoms with Crippen molar-refractivity contribution in [3.05, 3.63) is 35.9 Å². The van der Waals surface area contributed by atoms with Crippen LogP contribution in [0.2, 0.25) is 0 Å². The van der Waals surface area contributed by atoms with E-state index in [2.05, 4.69) is 25.2 Å². The van der Waals surface area contributed by atoms with E-state index in [1.165, 1.54) is 6.42 Å². The Balaban J connectivity index is 2.54. The number of nitrogens with one attached hydrogen (secondary N) is 1. The van der Waals surface area contributed by atoms with Gasteiger partial charge in [-0.25, -0.2) is 0 Å². The maximum Gasteiger partial charge on any atom is 0.134 e. The molecule has 0 saturated carbocycles. The van der Waals surface area contributed by atoms with E-state index in [-0.39, 0.29) is 0 Å². The summed E-state index contributed by atoms with van der Waals surface area (Å²) in [5, 5.41) is 13.0. The van der Waals surface area contributed by atoms with E-state index >= 15 is 0 Å². The lowest BCUT2D eigenvalue weighted by Gasteiger charge is -2.28. The number of benzene rings is 1. The third-order valence-electron chi connectivity index (χ3n) is 3.63. The minimum absolute atomic E-state index is 0.605. The Kier molecular flexibility index (Phi) is 8.04. The van der Waals surface area contributed by atoms with Gasteiger partial charge < -0.3 is 4.74 Å². The Labute approximate surface area is 129 Å². The predicted octanol–water partition coefficient (Wildman–Crippen LogP) is 3.86. The third kappa shape index (κ3) is 5.87. The van der Waals surface area contributed by atoms with E-state index in [1.807, 2.05) is 37.3 Å². The lowest BCUT2D eigenvalue weighted by molar-refractivity contribution is 0.110. The van der Waals surface area contributed by atoms with Gasteiger partial charge in [0.15, 0.2) is 0 Å². The minimum atomic E-state index is -0.645. The molecule has 1 unspecified atom stereocenters. The second-order valence-electron chi connectivity index (χ2n) is 5.81. The Hall–Kier alpha value is -1.37. The Morgan fingerprint density at radius 3 is 2.52 bits per heavy atom. The average molecular weight is 288 g/mol. The minimum Gasteiger partial charge on any atom is -0.381 e. The van der Waals surface area contributed by atoms with Crippen LogP contribution < -0.4 is 5.32 Å². The quantitative estimate of drug-likeness (QED) is 0.665. The van der Waals surface area contributed by atoms with Crippen molar-refractivity contribution in [2.45, 2.75) is 45.6 Å². The molecule has 0 aromatic heterocycles. The molecule has 116 valence electrons. The van der Waals surface area contributed by atoms with Crippen molar-refractivity contribution in [3.63, 3.8) is 0 Å². The summed E-state index contributed by atoms with van der Waals surface area (Å²) in [6, 6.07) is 12.4. The second-order valence-corrected chi connectivity index (χ2v) is 5.81. The molecule has 0 amide bonds. The van der Waals surface area contributed by atoms with Crippen molar-refractivity contribution in [1.82, 2.24) is 5.32 Å². The summed E-state index contributed by atoms with van der Waals surface area (Å²) in [6.07, 6.45) is 2.95. The molecule has 0 aliphatic heterocycles. The lowest BCUT2D eigenvalue weighted by atomic mass is 9.88. The zero-order valence-corrected chi connectivity index (χ0v) is 13.6. The van der Waals surface area contributed by atoms with Gasteiger partial charge in [-0.15, -0.1) is 0 Å². The molecule has 3 heteroatoms. The van der Waals surface area contributed by atoms with Crippen LogP contribution in [0.3, 0.4) is 0 Å². The highest BCUT2D eigenvalue weighted by atomic mass is 16.5. The van der Waals surface area contributed by atoms with Crippen LogP contribution in [0, 0.1) is 17.2 Å². The fourth-order valence-corrected chi connectivity index (χ4v) is 2.44. The van der Waals surface area contributed by atoms with E-state index in [0.29, 0.717) is 13.0 Å². The number of ether oxygens (including phenoxy) is 1. The van der Waals surface area contributed by atoms with Crippen LogP contribution in [0.15, 0.2) is 30.3 Å². The fourth-order valence-electron chi connectivity index (χ4n) is 2.44. The van der Waals surface area contributed by atoms with Crippen molar-refractivity contribution >= 4 is 0 Å². The summed E-state index contributed by atoms with van der Waals surface area (Å²) >= 11 is 0. The van der Waals surface area contributed by atoms with Gasteiger partial charge in [-0.3, -0.25) is 5.32 Å². The molecule has 1 N–H and O–H groups in total. The first-order valence-electron chi connectivity index (χ1n) is 7.94. The summed E-state index contributed by atoms with van der Waals surface area (Å²) in [5.74, 6) is 0.720. The molecule has 1 aromatic carbocycles. The molecule has 0 saturated heterocycles. The highest BCUT2D eigenvalue weighted by Crippen LogP contribution is 2.24. The maximum atomic E-state index is 9.67. The molecule has 0 radical (unpaired) electrons. The van der Waals surface area contributed by atoms with E-state index in [4.69, 9.17) is 4.74 Å². The third-order valence-corrected chi connectivity index (χ3v) is 3.63. The first-order valence-corrected chi connectivity index (χ1v) is 7.94. The van der Waals surface area contributed by atoms with E-state index < -0.39 is 5.54 Å². The van der Waals surface area contributed by atoms with Crippen LogP contribution in [0.25, 0.3) is 0 Å². The summed E-state index contributed by atoms with van der Waals surface area (Å²) < 4.78 is 5.72. The molecule has 3 nitrogen and oxygen atoms in total. The molecule has 0 spiro atoms. The van der Waals surface area contributed by atoms with Crippen molar-refractivity contribution in [2.24, 2.45) is 5.92 Å². The number of hydrogen-bond donors (Lipinski definition) is 1. The van der Waals surface area contributed by atoms with Gasteiger partial charge in [-0.05, 0) is 30.9 Å². The zero-order valence-electron chi connectivity index (χ0n) is 13.6. The standard InChI is InChI=1S/C18H28N2O/c1-4-20-18(15-19,17-10-6-5-7-11-17)12-14-21-13-8-9-16(2)3/h5-7,10-11,16,20H,4,8-9,12-14H2,1-3H3. The van der Waals surface area contributed by atoms with Crippen LogP contribution in [0.5, 0.6) is 0 Å². The zero-order chi connectivity index (χ0) is 15.6. The summed E-state index contributed by atoms with van der Waals surface area (Å²) in [6.45, 7) is 8.62. The summed E-state index contributed by atoms with van der Waals surface area (Å²) in [5.41, 5.74) is 0.369. The predicted molar refractivity (Wildman–Crippen MR) is 86.9 cm³/mol. The molecule has 1 atom stereocenters. The molecule has 0 heterocycles. The monoisotopic (exact) mass is 288 g/mol. The van der Waals surface area contributed by atoms with Crippen molar-refractivity contribution in [3.8, 4) is 6.07 Å². The molecular formula is C18H28N2O. The first-order chi connectivity index (χ1) is 10.1. The Bertz CT molecular complexity index is 425. The molecule has 0 aliphatic rings. The van der Waals surface area contributed by atoms with Gasteiger partial charge in [0.2, 0.25) is 0 Å². The second kappa shape index (κ2) is 9.55. The molecule has 1 rings (SSSR count). The molecule has 21 heavy (non-hydrogen) atoms. The van der Waals surface area contributed by atoms with Crippen molar-refractivity contribution in [1.29, 1.82) is 5.26 Å². The molecular weight excluding hydrogens is 260 g/mol. The van der Waals surface area contributed by atoms with E-state index in [9.17, 15) is 5.26 Å². The van der Waals surface area contributed by atoms with Crippen LogP contribution in [-0.4, -0.2) is 19.8 Å². The number of rotatable bonds is 10. The molecule has 1 aromatic rings. The van der Waals surface area contributed by atoms with Gasteiger partial charge in [-0.1, -0.05) is 51.1 Å². The van der Waals surface area contributed by atoms with E-state index in [1.54, 1.807) is 0 Å². The fraction of sp³-hybridized carbons (Fsp3) is 0.611. The van der Waals surface area contributed by atoms with Crippen molar-refractivity contribution in [2.75, 3.05) is 19.8 Å². The highest BCUT2D eigenvalue weighted by Gasteiger charge is 2.30. The highest BCUT2D eigenvalue weighted by molar-refractivity contribution is 5.31. The lowest BCUT2D eigenvalue weighted by Crippen LogP contribution is -2.42. The van der Waals surface area contributed by atoms with Crippen molar-refractivity contribution < 1.29 is 4.74 Å². The maximum absolute atomic E-state index is 9.67. The normalized spacial score (nSPS) is 13.9. The van der Waals surface area contributed by atoms with Crippen LogP contribution in [0.4, 0.5) is 0 Å². The van der Waals surface area contributed by atoms with Gasteiger partial charge in [0.1, 0.15) is 5.54 Å². The van der Waals surface area contributed by atoms with Crippen LogP contribution >= 0.6 is 0 Å². The van der Waals surface area contributed by atoms with Crippen LogP contribution in [-0.2, 0) is 10.3 Å². The summed E-state index contributed by atoms with van der Waals surface area (Å²) in [7, 11) is 0. The molecule has 0 fully saturated rings.